The van der Waals surface area contributed by atoms with Gasteiger partial charge in [-0.2, -0.15) is 0 Å². The van der Waals surface area contributed by atoms with Crippen LogP contribution in [0.5, 0.6) is 0 Å². The minimum Gasteiger partial charge on any atom is -0.466 e. The number of aliphatic hydroxyl groups excluding tert-OH is 2. The van der Waals surface area contributed by atoms with E-state index in [4.69, 9.17) is 4.74 Å². The first-order valence-corrected chi connectivity index (χ1v) is 36.9. The first-order chi connectivity index (χ1) is 40.5. The van der Waals surface area contributed by atoms with Gasteiger partial charge in [-0.1, -0.05) is 345 Å². The van der Waals surface area contributed by atoms with Crippen LogP contribution in [-0.2, 0) is 14.3 Å². The SMILES string of the molecule is CCCCCC/C=C\C/C=C\CCCCCCCC(=O)OCCCCCCCCCCCCCC/C=C\CCCCCCCCCCCC(=O)NC(CO)C(O)/C=C/CCCCCCCCCCCCCCCCCCCCCCCC. The maximum atomic E-state index is 12.5. The average Bonchev–Trinajstić information content (AvgIpc) is 3.48. The van der Waals surface area contributed by atoms with Crippen LogP contribution >= 0.6 is 0 Å². The van der Waals surface area contributed by atoms with Crippen LogP contribution in [0.3, 0.4) is 0 Å². The molecule has 0 saturated heterocycles. The van der Waals surface area contributed by atoms with Crippen molar-refractivity contribution in [2.24, 2.45) is 0 Å². The van der Waals surface area contributed by atoms with Gasteiger partial charge in [0.1, 0.15) is 0 Å². The van der Waals surface area contributed by atoms with Crippen LogP contribution in [0.15, 0.2) is 48.6 Å². The number of carbonyl (C=O) groups excluding carboxylic acids is 2. The Kier molecular flexibility index (Phi) is 69.4. The van der Waals surface area contributed by atoms with Gasteiger partial charge < -0.3 is 20.3 Å². The number of hydrogen-bond acceptors (Lipinski definition) is 5. The molecule has 0 aromatic carbocycles. The third-order valence-corrected chi connectivity index (χ3v) is 17.1. The second-order valence-corrected chi connectivity index (χ2v) is 25.3. The van der Waals surface area contributed by atoms with Crippen LogP contribution < -0.4 is 5.32 Å². The van der Waals surface area contributed by atoms with Crippen LogP contribution in [0.25, 0.3) is 0 Å². The fraction of sp³-hybridized carbons (Fsp3) is 0.868. The number of allylic oxidation sites excluding steroid dienone is 7. The molecule has 0 fully saturated rings. The first-order valence-electron chi connectivity index (χ1n) is 36.9. The van der Waals surface area contributed by atoms with Crippen LogP contribution in [-0.4, -0.2) is 47.4 Å². The molecule has 1 amide bonds. The fourth-order valence-corrected chi connectivity index (χ4v) is 11.4. The van der Waals surface area contributed by atoms with Gasteiger partial charge in [0.2, 0.25) is 5.91 Å². The molecule has 82 heavy (non-hydrogen) atoms. The molecule has 2 unspecified atom stereocenters. The molecule has 6 nitrogen and oxygen atoms in total. The minimum atomic E-state index is -0.849. The van der Waals surface area contributed by atoms with Crippen molar-refractivity contribution in [1.29, 1.82) is 0 Å². The van der Waals surface area contributed by atoms with Crippen LogP contribution in [0.4, 0.5) is 0 Å². The quantitative estimate of drug-likeness (QED) is 0.0320. The summed E-state index contributed by atoms with van der Waals surface area (Å²) in [6.07, 6.45) is 93.4. The summed E-state index contributed by atoms with van der Waals surface area (Å²) in [6.45, 7) is 4.91. The number of amides is 1. The van der Waals surface area contributed by atoms with E-state index in [-0.39, 0.29) is 18.5 Å². The van der Waals surface area contributed by atoms with Crippen molar-refractivity contribution < 1.29 is 24.5 Å². The molecule has 0 aromatic heterocycles. The number of aliphatic hydroxyl groups is 2. The van der Waals surface area contributed by atoms with Crippen LogP contribution in [0.1, 0.15) is 399 Å². The first kappa shape index (κ1) is 79.8. The highest BCUT2D eigenvalue weighted by molar-refractivity contribution is 5.76. The van der Waals surface area contributed by atoms with Crippen molar-refractivity contribution in [3.63, 3.8) is 0 Å². The maximum absolute atomic E-state index is 12.5. The van der Waals surface area contributed by atoms with Crippen molar-refractivity contribution in [1.82, 2.24) is 5.32 Å². The zero-order chi connectivity index (χ0) is 59.2. The Hall–Kier alpha value is -2.18. The highest BCUT2D eigenvalue weighted by atomic mass is 16.5. The maximum Gasteiger partial charge on any atom is 0.305 e. The number of rotatable bonds is 69. The van der Waals surface area contributed by atoms with Gasteiger partial charge in [-0.3, -0.25) is 9.59 Å². The molecule has 0 aromatic rings. The molecule has 0 aliphatic heterocycles. The van der Waals surface area contributed by atoms with Gasteiger partial charge in [-0.15, -0.1) is 0 Å². The molecule has 0 bridgehead atoms. The molecule has 2 atom stereocenters. The van der Waals surface area contributed by atoms with Crippen LogP contribution in [0.2, 0.25) is 0 Å². The van der Waals surface area contributed by atoms with E-state index in [0.29, 0.717) is 19.4 Å². The van der Waals surface area contributed by atoms with E-state index >= 15 is 0 Å². The summed E-state index contributed by atoms with van der Waals surface area (Å²) in [4.78, 5) is 24.6. The van der Waals surface area contributed by atoms with Gasteiger partial charge >= 0.3 is 5.97 Å². The van der Waals surface area contributed by atoms with Crippen molar-refractivity contribution in [3.8, 4) is 0 Å². The molecule has 0 spiro atoms. The molecule has 0 heterocycles. The zero-order valence-corrected chi connectivity index (χ0v) is 55.2. The molecule has 3 N–H and O–H groups in total. The molecule has 0 aliphatic rings. The molecular weight excluding hydrogens is 1010 g/mol. The van der Waals surface area contributed by atoms with Gasteiger partial charge in [-0.25, -0.2) is 0 Å². The largest absolute Gasteiger partial charge is 0.466 e. The monoisotopic (exact) mass is 1150 g/mol. The van der Waals surface area contributed by atoms with E-state index in [9.17, 15) is 19.8 Å². The number of esters is 1. The Labute approximate surface area is 512 Å². The van der Waals surface area contributed by atoms with E-state index in [1.54, 1.807) is 6.08 Å². The Morgan fingerprint density at radius 1 is 0.341 bits per heavy atom. The number of hydrogen-bond donors (Lipinski definition) is 3. The topological polar surface area (TPSA) is 95.9 Å². The number of ether oxygens (including phenoxy) is 1. The lowest BCUT2D eigenvalue weighted by atomic mass is 10.0. The van der Waals surface area contributed by atoms with Crippen LogP contribution in [0, 0.1) is 0 Å². The zero-order valence-electron chi connectivity index (χ0n) is 55.2. The summed E-state index contributed by atoms with van der Waals surface area (Å²) < 4.78 is 5.49. The third-order valence-electron chi connectivity index (χ3n) is 17.1. The Morgan fingerprint density at radius 2 is 0.610 bits per heavy atom. The lowest BCUT2D eigenvalue weighted by Crippen LogP contribution is -2.45. The van der Waals surface area contributed by atoms with E-state index in [1.165, 1.54) is 321 Å². The Bertz CT molecular complexity index is 1370. The van der Waals surface area contributed by atoms with E-state index in [0.717, 1.165) is 51.4 Å². The molecule has 0 saturated carbocycles. The van der Waals surface area contributed by atoms with Crippen molar-refractivity contribution in [3.05, 3.63) is 48.6 Å². The predicted octanol–water partition coefficient (Wildman–Crippen LogP) is 24.0. The standard InChI is InChI=1S/C76H143NO5/c1-3-5-7-9-11-13-15-17-19-21-22-23-24-28-31-34-37-40-44-48-52-56-60-64-68-74(79)73(72-78)77-75(80)69-65-61-57-53-49-45-41-38-35-32-29-26-25-27-30-33-36-39-43-47-51-55-59-63-67-71-82-76(81)70-66-62-58-54-50-46-42-20-18-16-14-12-10-8-6-4-2/h14,16,20,26,29,42,64,68,73-74,78-79H,3-13,15,17-19,21-25,27-28,30-41,43-63,65-67,69-72H2,1-2H3,(H,77,80)/b16-14-,29-26-,42-20-,68-64+. The van der Waals surface area contributed by atoms with Gasteiger partial charge in [0.25, 0.3) is 0 Å². The average molecular weight is 1150 g/mol. The molecule has 0 radical (unpaired) electrons. The molecular formula is C76H143NO5. The molecule has 0 aliphatic carbocycles. The molecule has 0 rings (SSSR count). The number of carbonyl (C=O) groups is 2. The number of nitrogens with one attached hydrogen (secondary N) is 1. The summed E-state index contributed by atoms with van der Waals surface area (Å²) in [5.41, 5.74) is 0. The Morgan fingerprint density at radius 3 is 0.951 bits per heavy atom. The van der Waals surface area contributed by atoms with Crippen molar-refractivity contribution in [2.45, 2.75) is 411 Å². The summed E-state index contributed by atoms with van der Waals surface area (Å²) in [5.74, 6) is -0.0675. The second kappa shape index (κ2) is 71.3. The van der Waals surface area contributed by atoms with E-state index in [2.05, 4.69) is 55.6 Å². The molecule has 6 heteroatoms. The number of unbranched alkanes of at least 4 members (excludes halogenated alkanes) is 52. The molecule has 482 valence electrons. The summed E-state index contributed by atoms with van der Waals surface area (Å²) >= 11 is 0. The Balaban J connectivity index is 3.43. The van der Waals surface area contributed by atoms with E-state index in [1.807, 2.05) is 6.08 Å². The van der Waals surface area contributed by atoms with Gasteiger partial charge in [0.05, 0.1) is 25.4 Å². The lowest BCUT2D eigenvalue weighted by Gasteiger charge is -2.20. The lowest BCUT2D eigenvalue weighted by molar-refractivity contribution is -0.143. The second-order valence-electron chi connectivity index (χ2n) is 25.3. The third kappa shape index (κ3) is 67.0. The normalized spacial score (nSPS) is 12.8. The van der Waals surface area contributed by atoms with Crippen molar-refractivity contribution in [2.75, 3.05) is 13.2 Å². The summed E-state index contributed by atoms with van der Waals surface area (Å²) in [6, 6.07) is -0.633. The predicted molar refractivity (Wildman–Crippen MR) is 361 cm³/mol. The summed E-state index contributed by atoms with van der Waals surface area (Å²) in [5, 5.41) is 23.3. The van der Waals surface area contributed by atoms with E-state index < -0.39 is 12.1 Å². The highest BCUT2D eigenvalue weighted by Gasteiger charge is 2.18. The smallest absolute Gasteiger partial charge is 0.305 e. The van der Waals surface area contributed by atoms with Crippen molar-refractivity contribution >= 4 is 11.9 Å². The highest BCUT2D eigenvalue weighted by Crippen LogP contribution is 2.18. The van der Waals surface area contributed by atoms with Gasteiger partial charge in [-0.05, 0) is 89.9 Å². The van der Waals surface area contributed by atoms with Gasteiger partial charge in [0.15, 0.2) is 0 Å². The summed E-state index contributed by atoms with van der Waals surface area (Å²) in [7, 11) is 0. The minimum absolute atomic E-state index is 0.0000850. The van der Waals surface area contributed by atoms with Gasteiger partial charge in [0, 0.05) is 12.8 Å². The fourth-order valence-electron chi connectivity index (χ4n) is 11.4.